The molecule has 5 aromatic carbocycles. The first-order valence-electron chi connectivity index (χ1n) is 12.9. The predicted octanol–water partition coefficient (Wildman–Crippen LogP) is 7.64. The standard InChI is InChI=1S/C35H27BrO2/c1-33(2)29-19-24(36)17-18-25(29)26-20-31-32(21-30(26)33)35(38,23-13-7-4-8-14-23)28-16-10-9-15-27(28)34(31,37)22-11-5-3-6-12-22/h3-21,37-38H,1-2H3. The SMILES string of the molecule is CC1(C)c2cc(Br)ccc2-c2cc3c(cc21)C(O)(c1ccccc1)c1ccccc1C3(O)c1ccccc1. The second kappa shape index (κ2) is 8.00. The molecule has 2 aliphatic rings. The highest BCUT2D eigenvalue weighted by Crippen LogP contribution is 2.57. The van der Waals surface area contributed by atoms with Crippen molar-refractivity contribution >= 4 is 15.9 Å². The number of hydrogen-bond donors (Lipinski definition) is 2. The van der Waals surface area contributed by atoms with Gasteiger partial charge in [-0.15, -0.1) is 0 Å². The number of fused-ring (bicyclic) bond motifs is 5. The highest BCUT2D eigenvalue weighted by molar-refractivity contribution is 9.10. The van der Waals surface area contributed by atoms with Crippen LogP contribution in [0.5, 0.6) is 0 Å². The van der Waals surface area contributed by atoms with E-state index in [2.05, 4.69) is 60.1 Å². The molecular weight excluding hydrogens is 532 g/mol. The van der Waals surface area contributed by atoms with Gasteiger partial charge in [0.05, 0.1) is 0 Å². The molecule has 0 heterocycles. The van der Waals surface area contributed by atoms with Crippen LogP contribution in [0.3, 0.4) is 0 Å². The van der Waals surface area contributed by atoms with E-state index in [0.717, 1.165) is 32.3 Å². The Kier molecular flexibility index (Phi) is 4.97. The normalized spacial score (nSPS) is 22.2. The molecule has 3 heteroatoms. The van der Waals surface area contributed by atoms with E-state index in [9.17, 15) is 10.2 Å². The summed E-state index contributed by atoms with van der Waals surface area (Å²) < 4.78 is 1.04. The maximum atomic E-state index is 12.9. The Morgan fingerprint density at radius 1 is 0.474 bits per heavy atom. The van der Waals surface area contributed by atoms with Crippen molar-refractivity contribution in [1.82, 2.24) is 0 Å². The van der Waals surface area contributed by atoms with Crippen LogP contribution in [0.25, 0.3) is 11.1 Å². The molecule has 0 amide bonds. The van der Waals surface area contributed by atoms with Crippen LogP contribution in [0.15, 0.2) is 120 Å². The Hall–Kier alpha value is -3.50. The lowest BCUT2D eigenvalue weighted by molar-refractivity contribution is 0.0747. The smallest absolute Gasteiger partial charge is 0.141 e. The van der Waals surface area contributed by atoms with Gasteiger partial charge in [-0.25, -0.2) is 0 Å². The third kappa shape index (κ3) is 2.95. The monoisotopic (exact) mass is 558 g/mol. The van der Waals surface area contributed by atoms with Gasteiger partial charge >= 0.3 is 0 Å². The van der Waals surface area contributed by atoms with Crippen LogP contribution in [-0.2, 0) is 16.6 Å². The summed E-state index contributed by atoms with van der Waals surface area (Å²) in [4.78, 5) is 0. The van der Waals surface area contributed by atoms with Crippen molar-refractivity contribution in [2.45, 2.75) is 30.5 Å². The second-order valence-corrected chi connectivity index (χ2v) is 11.9. The van der Waals surface area contributed by atoms with Crippen molar-refractivity contribution in [3.63, 3.8) is 0 Å². The molecule has 2 nitrogen and oxygen atoms in total. The third-order valence-corrected chi connectivity index (χ3v) is 9.14. The largest absolute Gasteiger partial charge is 0.376 e. The lowest BCUT2D eigenvalue weighted by Gasteiger charge is -2.45. The van der Waals surface area contributed by atoms with Crippen molar-refractivity contribution in [3.8, 4) is 11.1 Å². The van der Waals surface area contributed by atoms with E-state index in [1.807, 2.05) is 84.9 Å². The van der Waals surface area contributed by atoms with Crippen molar-refractivity contribution in [1.29, 1.82) is 0 Å². The topological polar surface area (TPSA) is 40.5 Å². The lowest BCUT2D eigenvalue weighted by Crippen LogP contribution is -2.44. The summed E-state index contributed by atoms with van der Waals surface area (Å²) in [5.74, 6) is 0. The van der Waals surface area contributed by atoms with Gasteiger partial charge in [-0.2, -0.15) is 0 Å². The van der Waals surface area contributed by atoms with E-state index in [4.69, 9.17) is 0 Å². The predicted molar refractivity (Wildman–Crippen MR) is 155 cm³/mol. The maximum Gasteiger partial charge on any atom is 0.141 e. The summed E-state index contributed by atoms with van der Waals surface area (Å²) in [6.07, 6.45) is 0. The first-order chi connectivity index (χ1) is 18.3. The molecule has 0 bridgehead atoms. The quantitative estimate of drug-likeness (QED) is 0.234. The van der Waals surface area contributed by atoms with Gasteiger partial charge in [-0.05, 0) is 68.3 Å². The lowest BCUT2D eigenvalue weighted by atomic mass is 9.62. The molecule has 2 N–H and O–H groups in total. The zero-order valence-electron chi connectivity index (χ0n) is 21.2. The minimum Gasteiger partial charge on any atom is -0.376 e. The number of halogens is 1. The highest BCUT2D eigenvalue weighted by atomic mass is 79.9. The number of hydrogen-bond acceptors (Lipinski definition) is 2. The molecule has 186 valence electrons. The zero-order chi connectivity index (χ0) is 26.3. The molecule has 5 aromatic rings. The zero-order valence-corrected chi connectivity index (χ0v) is 22.8. The minimum atomic E-state index is -1.44. The van der Waals surface area contributed by atoms with Gasteiger partial charge in [0, 0.05) is 15.5 Å². The molecule has 7 rings (SSSR count). The fourth-order valence-electron chi connectivity index (χ4n) is 6.74. The molecule has 0 saturated heterocycles. The average Bonchev–Trinajstić information content (AvgIpc) is 3.17. The van der Waals surface area contributed by atoms with Gasteiger partial charge in [-0.3, -0.25) is 0 Å². The molecule has 0 aromatic heterocycles. The molecule has 0 aliphatic heterocycles. The summed E-state index contributed by atoms with van der Waals surface area (Å²) in [7, 11) is 0. The molecule has 0 radical (unpaired) electrons. The average molecular weight is 560 g/mol. The van der Waals surface area contributed by atoms with E-state index in [-0.39, 0.29) is 5.41 Å². The van der Waals surface area contributed by atoms with Crippen molar-refractivity contribution in [2.75, 3.05) is 0 Å². The van der Waals surface area contributed by atoms with E-state index < -0.39 is 11.2 Å². The van der Waals surface area contributed by atoms with Crippen LogP contribution in [0, 0.1) is 0 Å². The van der Waals surface area contributed by atoms with Crippen LogP contribution in [0.2, 0.25) is 0 Å². The second-order valence-electron chi connectivity index (χ2n) is 11.0. The number of aliphatic hydroxyl groups is 2. The van der Waals surface area contributed by atoms with E-state index >= 15 is 0 Å². The molecule has 0 fully saturated rings. The fraction of sp³-hybridized carbons (Fsp3) is 0.143. The molecule has 2 atom stereocenters. The van der Waals surface area contributed by atoms with Crippen LogP contribution >= 0.6 is 15.9 Å². The minimum absolute atomic E-state index is 0.275. The van der Waals surface area contributed by atoms with E-state index in [1.54, 1.807) is 0 Å². The van der Waals surface area contributed by atoms with Gasteiger partial charge in [0.1, 0.15) is 11.2 Å². The van der Waals surface area contributed by atoms with Crippen molar-refractivity contribution in [3.05, 3.63) is 164 Å². The van der Waals surface area contributed by atoms with E-state index in [0.29, 0.717) is 22.3 Å². The fourth-order valence-corrected chi connectivity index (χ4v) is 7.10. The number of rotatable bonds is 2. The molecule has 2 unspecified atom stereocenters. The summed E-state index contributed by atoms with van der Waals surface area (Å²) in [5, 5.41) is 25.7. The van der Waals surface area contributed by atoms with Gasteiger partial charge in [0.2, 0.25) is 0 Å². The Morgan fingerprint density at radius 3 is 1.50 bits per heavy atom. The molecule has 0 saturated carbocycles. The van der Waals surface area contributed by atoms with Crippen LogP contribution in [0.4, 0.5) is 0 Å². The van der Waals surface area contributed by atoms with Crippen LogP contribution in [0.1, 0.15) is 58.4 Å². The maximum absolute atomic E-state index is 12.9. The van der Waals surface area contributed by atoms with Crippen molar-refractivity contribution < 1.29 is 10.2 Å². The summed E-state index contributed by atoms with van der Waals surface area (Å²) in [5.41, 5.74) is 5.85. The van der Waals surface area contributed by atoms with E-state index in [1.165, 1.54) is 5.56 Å². The van der Waals surface area contributed by atoms with Crippen LogP contribution < -0.4 is 0 Å². The Morgan fingerprint density at radius 2 is 0.947 bits per heavy atom. The van der Waals surface area contributed by atoms with Gasteiger partial charge in [-0.1, -0.05) is 127 Å². The third-order valence-electron chi connectivity index (χ3n) is 8.65. The molecular formula is C35H27BrO2. The van der Waals surface area contributed by atoms with Gasteiger partial charge < -0.3 is 10.2 Å². The Bertz CT molecular complexity index is 1720. The molecule has 0 spiro atoms. The summed E-state index contributed by atoms with van der Waals surface area (Å²) >= 11 is 3.66. The van der Waals surface area contributed by atoms with Gasteiger partial charge in [0.25, 0.3) is 0 Å². The summed E-state index contributed by atoms with van der Waals surface area (Å²) in [6.45, 7) is 4.47. The van der Waals surface area contributed by atoms with Gasteiger partial charge in [0.15, 0.2) is 0 Å². The first kappa shape index (κ1) is 23.6. The molecule has 2 aliphatic carbocycles. The first-order valence-corrected chi connectivity index (χ1v) is 13.7. The Balaban J connectivity index is 1.65. The van der Waals surface area contributed by atoms with Crippen molar-refractivity contribution in [2.24, 2.45) is 0 Å². The summed E-state index contributed by atoms with van der Waals surface area (Å²) in [6, 6.07) is 38.1. The highest BCUT2D eigenvalue weighted by Gasteiger charge is 2.52. The molecule has 38 heavy (non-hydrogen) atoms. The van der Waals surface area contributed by atoms with Crippen LogP contribution in [-0.4, -0.2) is 10.2 Å². The number of benzene rings is 5. The Labute approximate surface area is 231 Å².